The summed E-state index contributed by atoms with van der Waals surface area (Å²) in [6, 6.07) is 1.77. The molecule has 0 saturated heterocycles. The Morgan fingerprint density at radius 2 is 2.18 bits per heavy atom. The molecular weight excluding hydrogens is 238 g/mol. The SMILES string of the molecule is CNC(C)(CCCSc1ncccn1)C(=O)O. The molecule has 6 heteroatoms. The number of nitrogens with one attached hydrogen (secondary N) is 1. The van der Waals surface area contributed by atoms with Crippen molar-refractivity contribution in [3.8, 4) is 0 Å². The van der Waals surface area contributed by atoms with Crippen molar-refractivity contribution < 1.29 is 9.90 Å². The summed E-state index contributed by atoms with van der Waals surface area (Å²) in [5.41, 5.74) is -0.849. The molecule has 0 bridgehead atoms. The van der Waals surface area contributed by atoms with Crippen molar-refractivity contribution in [3.05, 3.63) is 18.5 Å². The standard InChI is InChI=1S/C11H17N3O2S/c1-11(12-2,9(15)16)5-3-8-17-10-13-6-4-7-14-10/h4,6-7,12H,3,5,8H2,1-2H3,(H,15,16). The molecule has 0 fully saturated rings. The highest BCUT2D eigenvalue weighted by molar-refractivity contribution is 7.99. The van der Waals surface area contributed by atoms with Crippen molar-refractivity contribution >= 4 is 17.7 Å². The van der Waals surface area contributed by atoms with Gasteiger partial charge in [-0.2, -0.15) is 0 Å². The molecule has 0 radical (unpaired) electrons. The zero-order valence-electron chi connectivity index (χ0n) is 10.0. The Bertz CT molecular complexity index is 361. The Hall–Kier alpha value is -1.14. The molecule has 0 saturated carbocycles. The van der Waals surface area contributed by atoms with Gasteiger partial charge in [-0.05, 0) is 32.9 Å². The van der Waals surface area contributed by atoms with E-state index in [2.05, 4.69) is 15.3 Å². The molecule has 1 heterocycles. The predicted molar refractivity (Wildman–Crippen MR) is 67.1 cm³/mol. The van der Waals surface area contributed by atoms with Crippen molar-refractivity contribution in [2.75, 3.05) is 12.8 Å². The monoisotopic (exact) mass is 255 g/mol. The summed E-state index contributed by atoms with van der Waals surface area (Å²) in [7, 11) is 1.67. The number of carboxylic acid groups (broad SMARTS) is 1. The first kappa shape index (κ1) is 13.9. The number of hydrogen-bond acceptors (Lipinski definition) is 5. The average molecular weight is 255 g/mol. The second-order valence-electron chi connectivity index (χ2n) is 3.87. The van der Waals surface area contributed by atoms with Crippen molar-refractivity contribution in [1.29, 1.82) is 0 Å². The van der Waals surface area contributed by atoms with E-state index in [1.165, 1.54) is 0 Å². The lowest BCUT2D eigenvalue weighted by molar-refractivity contribution is -0.144. The topological polar surface area (TPSA) is 75.1 Å². The normalized spacial score (nSPS) is 14.2. The van der Waals surface area contributed by atoms with E-state index < -0.39 is 11.5 Å². The first-order valence-electron chi connectivity index (χ1n) is 5.40. The van der Waals surface area contributed by atoms with Crippen LogP contribution < -0.4 is 5.32 Å². The van der Waals surface area contributed by atoms with Gasteiger partial charge in [0.1, 0.15) is 5.54 Å². The lowest BCUT2D eigenvalue weighted by atomic mass is 9.97. The quantitative estimate of drug-likeness (QED) is 0.436. The fourth-order valence-corrected chi connectivity index (χ4v) is 2.03. The third kappa shape index (κ3) is 4.32. The zero-order valence-corrected chi connectivity index (χ0v) is 10.8. The van der Waals surface area contributed by atoms with Crippen LogP contribution in [0.1, 0.15) is 19.8 Å². The van der Waals surface area contributed by atoms with Gasteiger partial charge in [0.2, 0.25) is 0 Å². The number of hydrogen-bond donors (Lipinski definition) is 2. The van der Waals surface area contributed by atoms with Crippen molar-refractivity contribution in [2.24, 2.45) is 0 Å². The highest BCUT2D eigenvalue weighted by Crippen LogP contribution is 2.18. The molecule has 0 spiro atoms. The van der Waals surface area contributed by atoms with Crippen molar-refractivity contribution in [3.63, 3.8) is 0 Å². The van der Waals surface area contributed by atoms with Crippen LogP contribution >= 0.6 is 11.8 Å². The van der Waals surface area contributed by atoms with Crippen LogP contribution in [0.2, 0.25) is 0 Å². The maximum Gasteiger partial charge on any atom is 0.323 e. The van der Waals surface area contributed by atoms with Crippen LogP contribution in [0.5, 0.6) is 0 Å². The van der Waals surface area contributed by atoms with Gasteiger partial charge in [-0.3, -0.25) is 4.79 Å². The lowest BCUT2D eigenvalue weighted by Gasteiger charge is -2.23. The summed E-state index contributed by atoms with van der Waals surface area (Å²) in [6.45, 7) is 1.69. The number of aromatic nitrogens is 2. The van der Waals surface area contributed by atoms with E-state index in [4.69, 9.17) is 5.11 Å². The van der Waals surface area contributed by atoms with Crippen LogP contribution in [0.15, 0.2) is 23.6 Å². The molecule has 94 valence electrons. The molecular formula is C11H17N3O2S. The number of carboxylic acids is 1. The van der Waals surface area contributed by atoms with Crippen LogP contribution in [0, 0.1) is 0 Å². The van der Waals surface area contributed by atoms with Crippen LogP contribution in [-0.4, -0.2) is 39.4 Å². The van der Waals surface area contributed by atoms with Crippen LogP contribution in [0.25, 0.3) is 0 Å². The fourth-order valence-electron chi connectivity index (χ4n) is 1.29. The van der Waals surface area contributed by atoms with E-state index >= 15 is 0 Å². The molecule has 2 N–H and O–H groups in total. The molecule has 1 rings (SSSR count). The predicted octanol–water partition coefficient (Wildman–Crippen LogP) is 1.41. The largest absolute Gasteiger partial charge is 0.480 e. The van der Waals surface area contributed by atoms with Gasteiger partial charge in [0.25, 0.3) is 0 Å². The molecule has 0 amide bonds. The molecule has 1 unspecified atom stereocenters. The minimum Gasteiger partial charge on any atom is -0.480 e. The van der Waals surface area contributed by atoms with Gasteiger partial charge in [-0.25, -0.2) is 9.97 Å². The van der Waals surface area contributed by atoms with Crippen molar-refractivity contribution in [1.82, 2.24) is 15.3 Å². The summed E-state index contributed by atoms with van der Waals surface area (Å²) in [6.07, 6.45) is 4.78. The van der Waals surface area contributed by atoms with Gasteiger partial charge in [0, 0.05) is 18.1 Å². The fraction of sp³-hybridized carbons (Fsp3) is 0.545. The Labute approximate surface area is 105 Å². The lowest BCUT2D eigenvalue weighted by Crippen LogP contribution is -2.47. The van der Waals surface area contributed by atoms with Gasteiger partial charge in [-0.1, -0.05) is 11.8 Å². The van der Waals surface area contributed by atoms with Crippen LogP contribution in [0.4, 0.5) is 0 Å². The molecule has 0 aliphatic carbocycles. The van der Waals surface area contributed by atoms with E-state index in [1.807, 2.05) is 0 Å². The average Bonchev–Trinajstić information content (AvgIpc) is 2.35. The Morgan fingerprint density at radius 1 is 1.53 bits per heavy atom. The highest BCUT2D eigenvalue weighted by atomic mass is 32.2. The number of carbonyl (C=O) groups is 1. The Morgan fingerprint density at radius 3 is 2.71 bits per heavy atom. The van der Waals surface area contributed by atoms with Crippen LogP contribution in [-0.2, 0) is 4.79 Å². The number of aliphatic carboxylic acids is 1. The zero-order chi connectivity index (χ0) is 12.7. The maximum atomic E-state index is 11.0. The second kappa shape index (κ2) is 6.56. The Balaban J connectivity index is 2.31. The molecule has 1 aromatic rings. The molecule has 5 nitrogen and oxygen atoms in total. The summed E-state index contributed by atoms with van der Waals surface area (Å²) in [5.74, 6) is -0.00450. The molecule has 1 atom stereocenters. The Kier molecular flexibility index (Phi) is 5.37. The van der Waals surface area contributed by atoms with Gasteiger partial charge in [0.05, 0.1) is 0 Å². The number of thioether (sulfide) groups is 1. The van der Waals surface area contributed by atoms with Gasteiger partial charge in [-0.15, -0.1) is 0 Å². The van der Waals surface area contributed by atoms with E-state index in [-0.39, 0.29) is 0 Å². The van der Waals surface area contributed by atoms with E-state index in [0.29, 0.717) is 6.42 Å². The van der Waals surface area contributed by atoms with E-state index in [9.17, 15) is 4.79 Å². The first-order valence-corrected chi connectivity index (χ1v) is 6.39. The summed E-state index contributed by atoms with van der Waals surface area (Å²) < 4.78 is 0. The van der Waals surface area contributed by atoms with E-state index in [1.54, 1.807) is 44.2 Å². The first-order chi connectivity index (χ1) is 8.08. The minimum atomic E-state index is -0.849. The molecule has 0 aliphatic heterocycles. The molecule has 1 aromatic heterocycles. The number of likely N-dealkylation sites (N-methyl/N-ethyl adjacent to an activating group) is 1. The maximum absolute atomic E-state index is 11.0. The molecule has 0 aromatic carbocycles. The van der Waals surface area contributed by atoms with Gasteiger partial charge in [0.15, 0.2) is 5.16 Å². The van der Waals surface area contributed by atoms with Crippen molar-refractivity contribution in [2.45, 2.75) is 30.5 Å². The molecule has 17 heavy (non-hydrogen) atoms. The third-order valence-corrected chi connectivity index (χ3v) is 3.58. The highest BCUT2D eigenvalue weighted by Gasteiger charge is 2.30. The second-order valence-corrected chi connectivity index (χ2v) is 4.93. The van der Waals surface area contributed by atoms with Gasteiger partial charge < -0.3 is 10.4 Å². The summed E-state index contributed by atoms with van der Waals surface area (Å²) in [4.78, 5) is 19.2. The summed E-state index contributed by atoms with van der Waals surface area (Å²) in [5, 5.41) is 12.6. The summed E-state index contributed by atoms with van der Waals surface area (Å²) >= 11 is 1.54. The molecule has 0 aliphatic rings. The van der Waals surface area contributed by atoms with Crippen LogP contribution in [0.3, 0.4) is 0 Å². The smallest absolute Gasteiger partial charge is 0.323 e. The number of nitrogens with zero attached hydrogens (tertiary/aromatic N) is 2. The third-order valence-electron chi connectivity index (χ3n) is 2.62. The van der Waals surface area contributed by atoms with E-state index in [0.717, 1.165) is 17.3 Å². The van der Waals surface area contributed by atoms with Gasteiger partial charge >= 0.3 is 5.97 Å². The minimum absolute atomic E-state index is 0.582. The number of rotatable bonds is 7.